The number of carbonyl (C=O) groups is 2. The molecule has 0 aliphatic heterocycles. The summed E-state index contributed by atoms with van der Waals surface area (Å²) in [5.41, 5.74) is 4.95. The molecule has 0 aliphatic rings. The zero-order chi connectivity index (χ0) is 9.56. The fourth-order valence-electron chi connectivity index (χ4n) is 0.707. The maximum absolute atomic E-state index is 10.9. The van der Waals surface area contributed by atoms with Crippen molar-refractivity contribution in [3.63, 3.8) is 0 Å². The summed E-state index contributed by atoms with van der Waals surface area (Å²) in [6, 6.07) is -1.02. The minimum atomic E-state index is -1.02. The van der Waals surface area contributed by atoms with Gasteiger partial charge < -0.3 is 10.5 Å². The topological polar surface area (TPSA) is 81.4 Å². The van der Waals surface area contributed by atoms with Crippen molar-refractivity contribution in [1.82, 2.24) is 5.32 Å². The van der Waals surface area contributed by atoms with E-state index in [9.17, 15) is 9.59 Å². The van der Waals surface area contributed by atoms with Crippen LogP contribution in [-0.4, -0.2) is 31.6 Å². The van der Waals surface area contributed by atoms with Crippen molar-refractivity contribution >= 4 is 11.9 Å². The van der Waals surface area contributed by atoms with E-state index in [1.807, 2.05) is 6.92 Å². The molecule has 0 aromatic rings. The molecule has 1 unspecified atom stereocenters. The Bertz CT molecular complexity index is 170. The standard InChI is InChI=1S/C7H14N2O3/c1-3-4-9-5(6(8)10)7(11)12-2/h5,9H,3-4H2,1-2H3,(H2,8,10). The second-order valence-corrected chi connectivity index (χ2v) is 2.31. The Morgan fingerprint density at radius 3 is 2.50 bits per heavy atom. The second-order valence-electron chi connectivity index (χ2n) is 2.31. The third kappa shape index (κ3) is 3.34. The lowest BCUT2D eigenvalue weighted by molar-refractivity contribution is -0.146. The number of nitrogens with two attached hydrogens (primary N) is 1. The number of hydrogen-bond acceptors (Lipinski definition) is 4. The van der Waals surface area contributed by atoms with Gasteiger partial charge in [-0.25, -0.2) is 4.79 Å². The first kappa shape index (κ1) is 10.9. The largest absolute Gasteiger partial charge is 0.467 e. The van der Waals surface area contributed by atoms with Crippen LogP contribution in [0.25, 0.3) is 0 Å². The predicted molar refractivity (Wildman–Crippen MR) is 43.3 cm³/mol. The van der Waals surface area contributed by atoms with Gasteiger partial charge in [-0.3, -0.25) is 10.1 Å². The molecule has 0 saturated carbocycles. The second kappa shape index (κ2) is 5.54. The summed E-state index contributed by atoms with van der Waals surface area (Å²) < 4.78 is 4.37. The molecular formula is C7H14N2O3. The van der Waals surface area contributed by atoms with Crippen molar-refractivity contribution in [2.45, 2.75) is 19.4 Å². The fraction of sp³-hybridized carbons (Fsp3) is 0.714. The minimum Gasteiger partial charge on any atom is -0.467 e. The average Bonchev–Trinajstić information content (AvgIpc) is 2.04. The smallest absolute Gasteiger partial charge is 0.332 e. The number of primary amides is 1. The Labute approximate surface area is 71.3 Å². The third-order valence-electron chi connectivity index (χ3n) is 1.32. The van der Waals surface area contributed by atoms with Gasteiger partial charge in [-0.15, -0.1) is 0 Å². The highest BCUT2D eigenvalue weighted by molar-refractivity contribution is 6.01. The maximum Gasteiger partial charge on any atom is 0.332 e. The number of ether oxygens (including phenoxy) is 1. The van der Waals surface area contributed by atoms with Gasteiger partial charge in [0.15, 0.2) is 6.04 Å². The van der Waals surface area contributed by atoms with Crippen LogP contribution in [0.15, 0.2) is 0 Å². The molecule has 0 heterocycles. The van der Waals surface area contributed by atoms with E-state index >= 15 is 0 Å². The van der Waals surface area contributed by atoms with E-state index < -0.39 is 17.9 Å². The van der Waals surface area contributed by atoms with Crippen LogP contribution in [0.3, 0.4) is 0 Å². The van der Waals surface area contributed by atoms with Gasteiger partial charge in [0, 0.05) is 0 Å². The van der Waals surface area contributed by atoms with Crippen molar-refractivity contribution in [2.24, 2.45) is 5.73 Å². The first-order valence-corrected chi connectivity index (χ1v) is 3.74. The Kier molecular flexibility index (Phi) is 5.03. The normalized spacial score (nSPS) is 12.2. The molecule has 0 bridgehead atoms. The summed E-state index contributed by atoms with van der Waals surface area (Å²) in [7, 11) is 1.21. The molecule has 1 atom stereocenters. The molecule has 70 valence electrons. The lowest BCUT2D eigenvalue weighted by Gasteiger charge is -2.11. The summed E-state index contributed by atoms with van der Waals surface area (Å²) in [5, 5.41) is 2.67. The van der Waals surface area contributed by atoms with Crippen molar-refractivity contribution < 1.29 is 14.3 Å². The number of rotatable bonds is 5. The molecule has 5 nitrogen and oxygen atoms in total. The molecule has 0 rings (SSSR count). The van der Waals surface area contributed by atoms with Crippen LogP contribution >= 0.6 is 0 Å². The number of esters is 1. The number of amides is 1. The fourth-order valence-corrected chi connectivity index (χ4v) is 0.707. The van der Waals surface area contributed by atoms with E-state index in [4.69, 9.17) is 5.73 Å². The zero-order valence-corrected chi connectivity index (χ0v) is 7.29. The van der Waals surface area contributed by atoms with Crippen LogP contribution < -0.4 is 11.1 Å². The highest BCUT2D eigenvalue weighted by atomic mass is 16.5. The summed E-state index contributed by atoms with van der Waals surface area (Å²) >= 11 is 0. The molecule has 12 heavy (non-hydrogen) atoms. The van der Waals surface area contributed by atoms with Gasteiger partial charge in [-0.05, 0) is 13.0 Å². The Morgan fingerprint density at radius 2 is 2.17 bits per heavy atom. The molecule has 0 spiro atoms. The summed E-state index contributed by atoms with van der Waals surface area (Å²) in [4.78, 5) is 21.5. The molecule has 0 aliphatic carbocycles. The summed E-state index contributed by atoms with van der Waals surface area (Å²) in [6.07, 6.45) is 0.820. The summed E-state index contributed by atoms with van der Waals surface area (Å²) in [6.45, 7) is 2.48. The van der Waals surface area contributed by atoms with Gasteiger partial charge in [-0.2, -0.15) is 0 Å². The first-order valence-electron chi connectivity index (χ1n) is 3.74. The number of nitrogens with one attached hydrogen (secondary N) is 1. The molecule has 0 aromatic carbocycles. The van der Waals surface area contributed by atoms with E-state index in [2.05, 4.69) is 10.1 Å². The summed E-state index contributed by atoms with van der Waals surface area (Å²) in [5.74, 6) is -1.36. The van der Waals surface area contributed by atoms with Crippen molar-refractivity contribution in [1.29, 1.82) is 0 Å². The van der Waals surface area contributed by atoms with Gasteiger partial charge in [0.25, 0.3) is 0 Å². The highest BCUT2D eigenvalue weighted by Gasteiger charge is 2.23. The average molecular weight is 174 g/mol. The first-order chi connectivity index (χ1) is 5.63. The van der Waals surface area contributed by atoms with Gasteiger partial charge >= 0.3 is 5.97 Å². The number of carbonyl (C=O) groups excluding carboxylic acids is 2. The molecule has 5 heteroatoms. The van der Waals surface area contributed by atoms with Crippen LogP contribution in [0, 0.1) is 0 Å². The Balaban J connectivity index is 4.04. The van der Waals surface area contributed by atoms with E-state index in [0.29, 0.717) is 6.54 Å². The molecule has 0 radical (unpaired) electrons. The van der Waals surface area contributed by atoms with Gasteiger partial charge in [0.1, 0.15) is 0 Å². The minimum absolute atomic E-state index is 0.558. The predicted octanol–water partition coefficient (Wildman–Crippen LogP) is -0.987. The lowest BCUT2D eigenvalue weighted by atomic mass is 10.3. The van der Waals surface area contributed by atoms with E-state index in [-0.39, 0.29) is 0 Å². The molecule has 3 N–H and O–H groups in total. The molecule has 1 amide bonds. The van der Waals surface area contributed by atoms with Crippen LogP contribution in [0.5, 0.6) is 0 Å². The van der Waals surface area contributed by atoms with E-state index in [1.54, 1.807) is 0 Å². The van der Waals surface area contributed by atoms with Gasteiger partial charge in [-0.1, -0.05) is 6.92 Å². The van der Waals surface area contributed by atoms with Crippen molar-refractivity contribution in [2.75, 3.05) is 13.7 Å². The van der Waals surface area contributed by atoms with E-state index in [1.165, 1.54) is 7.11 Å². The molecule has 0 fully saturated rings. The lowest BCUT2D eigenvalue weighted by Crippen LogP contribution is -2.47. The highest BCUT2D eigenvalue weighted by Crippen LogP contribution is 1.87. The quantitative estimate of drug-likeness (QED) is 0.414. The van der Waals surface area contributed by atoms with Crippen LogP contribution in [0.4, 0.5) is 0 Å². The number of hydrogen-bond donors (Lipinski definition) is 2. The molecular weight excluding hydrogens is 160 g/mol. The number of methoxy groups -OCH3 is 1. The van der Waals surface area contributed by atoms with Crippen molar-refractivity contribution in [3.05, 3.63) is 0 Å². The van der Waals surface area contributed by atoms with Crippen LogP contribution in [0.2, 0.25) is 0 Å². The maximum atomic E-state index is 10.9. The Morgan fingerprint density at radius 1 is 1.58 bits per heavy atom. The molecule has 0 aromatic heterocycles. The van der Waals surface area contributed by atoms with E-state index in [0.717, 1.165) is 6.42 Å². The van der Waals surface area contributed by atoms with Gasteiger partial charge in [0.05, 0.1) is 7.11 Å². The van der Waals surface area contributed by atoms with Crippen LogP contribution in [0.1, 0.15) is 13.3 Å². The monoisotopic (exact) mass is 174 g/mol. The Hall–Kier alpha value is -1.10. The van der Waals surface area contributed by atoms with Crippen molar-refractivity contribution in [3.8, 4) is 0 Å². The third-order valence-corrected chi connectivity index (χ3v) is 1.32. The molecule has 0 saturated heterocycles. The SMILES string of the molecule is CCCNC(C(N)=O)C(=O)OC. The zero-order valence-electron chi connectivity index (χ0n) is 7.29. The van der Waals surface area contributed by atoms with Gasteiger partial charge in [0.2, 0.25) is 5.91 Å². The van der Waals surface area contributed by atoms with Crippen LogP contribution in [-0.2, 0) is 14.3 Å².